The van der Waals surface area contributed by atoms with Gasteiger partial charge in [-0.2, -0.15) is 0 Å². The lowest BCUT2D eigenvalue weighted by Crippen LogP contribution is -2.43. The summed E-state index contributed by atoms with van der Waals surface area (Å²) < 4.78 is 0. The van der Waals surface area contributed by atoms with Gasteiger partial charge >= 0.3 is 0 Å². The van der Waals surface area contributed by atoms with Gasteiger partial charge in [-0.25, -0.2) is 0 Å². The maximum atomic E-state index is 5.72. The van der Waals surface area contributed by atoms with Crippen molar-refractivity contribution in [1.29, 1.82) is 0 Å². The summed E-state index contributed by atoms with van der Waals surface area (Å²) >= 11 is 0. The fraction of sp³-hybridized carbons (Fsp3) is 1.00. The quantitative estimate of drug-likeness (QED) is 0.640. The molecule has 0 aromatic rings. The maximum Gasteiger partial charge on any atom is 0.0188 e. The Bertz CT molecular complexity index is 108. The molecule has 1 fully saturated rings. The fourth-order valence-corrected chi connectivity index (χ4v) is 1.24. The Kier molecular flexibility index (Phi) is 3.34. The van der Waals surface area contributed by atoms with Crippen molar-refractivity contribution in [2.75, 3.05) is 6.54 Å². The Labute approximate surface area is 69.5 Å². The van der Waals surface area contributed by atoms with Gasteiger partial charge in [0, 0.05) is 12.1 Å². The molecule has 2 heteroatoms. The SMILES string of the molecule is CC(N)C(C)NCC1CCC1. The molecule has 1 aliphatic rings. The molecule has 0 aromatic carbocycles. The van der Waals surface area contributed by atoms with E-state index in [4.69, 9.17) is 5.73 Å². The molecule has 1 rings (SSSR count). The first kappa shape index (κ1) is 9.01. The van der Waals surface area contributed by atoms with Crippen LogP contribution < -0.4 is 11.1 Å². The third kappa shape index (κ3) is 2.80. The van der Waals surface area contributed by atoms with Gasteiger partial charge in [0.25, 0.3) is 0 Å². The summed E-state index contributed by atoms with van der Waals surface area (Å²) in [7, 11) is 0. The van der Waals surface area contributed by atoms with Crippen LogP contribution in [-0.4, -0.2) is 18.6 Å². The Morgan fingerprint density at radius 2 is 2.09 bits per heavy atom. The molecule has 0 aliphatic heterocycles. The fourth-order valence-electron chi connectivity index (χ4n) is 1.24. The van der Waals surface area contributed by atoms with Gasteiger partial charge in [-0.15, -0.1) is 0 Å². The minimum absolute atomic E-state index is 0.273. The third-order valence-electron chi connectivity index (χ3n) is 2.74. The summed E-state index contributed by atoms with van der Waals surface area (Å²) in [5.41, 5.74) is 5.72. The molecule has 0 spiro atoms. The van der Waals surface area contributed by atoms with E-state index in [1.54, 1.807) is 0 Å². The van der Waals surface area contributed by atoms with Crippen molar-refractivity contribution < 1.29 is 0 Å². The van der Waals surface area contributed by atoms with Gasteiger partial charge in [0.2, 0.25) is 0 Å². The van der Waals surface area contributed by atoms with E-state index in [1.165, 1.54) is 25.8 Å². The van der Waals surface area contributed by atoms with Crippen molar-refractivity contribution in [3.8, 4) is 0 Å². The molecule has 66 valence electrons. The number of nitrogens with one attached hydrogen (secondary N) is 1. The van der Waals surface area contributed by atoms with Crippen molar-refractivity contribution in [2.45, 2.75) is 45.2 Å². The average Bonchev–Trinajstić information content (AvgIpc) is 1.83. The number of hydrogen-bond donors (Lipinski definition) is 2. The van der Waals surface area contributed by atoms with Gasteiger partial charge in [0.1, 0.15) is 0 Å². The van der Waals surface area contributed by atoms with Crippen molar-refractivity contribution in [2.24, 2.45) is 11.7 Å². The first-order valence-electron chi connectivity index (χ1n) is 4.69. The van der Waals surface area contributed by atoms with Gasteiger partial charge < -0.3 is 11.1 Å². The molecule has 0 radical (unpaired) electrons. The summed E-state index contributed by atoms with van der Waals surface area (Å²) in [6.45, 7) is 5.38. The molecule has 0 heterocycles. The standard InChI is InChI=1S/C9H20N2/c1-7(10)8(2)11-6-9-4-3-5-9/h7-9,11H,3-6,10H2,1-2H3. The molecular formula is C9H20N2. The molecule has 3 N–H and O–H groups in total. The zero-order chi connectivity index (χ0) is 8.27. The zero-order valence-corrected chi connectivity index (χ0v) is 7.64. The number of rotatable bonds is 4. The van der Waals surface area contributed by atoms with E-state index >= 15 is 0 Å². The molecule has 0 aromatic heterocycles. The first-order chi connectivity index (χ1) is 5.20. The molecule has 0 amide bonds. The van der Waals surface area contributed by atoms with Crippen LogP contribution in [0, 0.1) is 5.92 Å². The molecule has 11 heavy (non-hydrogen) atoms. The van der Waals surface area contributed by atoms with E-state index in [1.807, 2.05) is 0 Å². The van der Waals surface area contributed by atoms with Crippen LogP contribution in [0.5, 0.6) is 0 Å². The lowest BCUT2D eigenvalue weighted by atomic mass is 9.85. The summed E-state index contributed by atoms with van der Waals surface area (Å²) in [5.74, 6) is 0.941. The van der Waals surface area contributed by atoms with Crippen molar-refractivity contribution in [3.05, 3.63) is 0 Å². The predicted octanol–water partition coefficient (Wildman–Crippen LogP) is 1.11. The van der Waals surface area contributed by atoms with Crippen molar-refractivity contribution in [3.63, 3.8) is 0 Å². The maximum absolute atomic E-state index is 5.72. The van der Waals surface area contributed by atoms with Crippen LogP contribution >= 0.6 is 0 Å². The normalized spacial score (nSPS) is 24.3. The molecule has 0 saturated heterocycles. The zero-order valence-electron chi connectivity index (χ0n) is 7.64. The van der Waals surface area contributed by atoms with Crippen LogP contribution in [0.1, 0.15) is 33.1 Å². The second kappa shape index (κ2) is 4.07. The summed E-state index contributed by atoms with van der Waals surface area (Å²) in [6, 6.07) is 0.741. The van der Waals surface area contributed by atoms with E-state index in [-0.39, 0.29) is 6.04 Å². The lowest BCUT2D eigenvalue weighted by Gasteiger charge is -2.28. The van der Waals surface area contributed by atoms with Crippen molar-refractivity contribution >= 4 is 0 Å². The van der Waals surface area contributed by atoms with E-state index in [2.05, 4.69) is 19.2 Å². The van der Waals surface area contributed by atoms with Crippen LogP contribution in [0.15, 0.2) is 0 Å². The van der Waals surface area contributed by atoms with Gasteiger partial charge in [-0.3, -0.25) is 0 Å². The first-order valence-corrected chi connectivity index (χ1v) is 4.69. The van der Waals surface area contributed by atoms with Crippen LogP contribution in [-0.2, 0) is 0 Å². The van der Waals surface area contributed by atoms with Crippen LogP contribution in [0.4, 0.5) is 0 Å². The monoisotopic (exact) mass is 156 g/mol. The molecule has 0 bridgehead atoms. The summed E-state index contributed by atoms with van der Waals surface area (Å²) in [5, 5.41) is 3.46. The minimum Gasteiger partial charge on any atom is -0.327 e. The van der Waals surface area contributed by atoms with Gasteiger partial charge in [-0.05, 0) is 39.2 Å². The number of nitrogens with two attached hydrogens (primary N) is 1. The Morgan fingerprint density at radius 3 is 2.45 bits per heavy atom. The van der Waals surface area contributed by atoms with Gasteiger partial charge in [0.05, 0.1) is 0 Å². The highest BCUT2D eigenvalue weighted by Gasteiger charge is 2.18. The van der Waals surface area contributed by atoms with E-state index in [0.29, 0.717) is 6.04 Å². The van der Waals surface area contributed by atoms with Crippen LogP contribution in [0.3, 0.4) is 0 Å². The summed E-state index contributed by atoms with van der Waals surface area (Å²) in [4.78, 5) is 0. The van der Waals surface area contributed by atoms with E-state index < -0.39 is 0 Å². The average molecular weight is 156 g/mol. The Morgan fingerprint density at radius 1 is 1.45 bits per heavy atom. The van der Waals surface area contributed by atoms with Crippen LogP contribution in [0.2, 0.25) is 0 Å². The topological polar surface area (TPSA) is 38.0 Å². The lowest BCUT2D eigenvalue weighted by molar-refractivity contribution is 0.286. The molecule has 2 atom stereocenters. The second-order valence-electron chi connectivity index (χ2n) is 3.85. The van der Waals surface area contributed by atoms with E-state index in [9.17, 15) is 0 Å². The van der Waals surface area contributed by atoms with Crippen LogP contribution in [0.25, 0.3) is 0 Å². The molecule has 1 aliphatic carbocycles. The highest BCUT2D eigenvalue weighted by molar-refractivity contribution is 4.76. The van der Waals surface area contributed by atoms with E-state index in [0.717, 1.165) is 5.92 Å². The highest BCUT2D eigenvalue weighted by Crippen LogP contribution is 2.25. The number of hydrogen-bond acceptors (Lipinski definition) is 2. The highest BCUT2D eigenvalue weighted by atomic mass is 14.9. The second-order valence-corrected chi connectivity index (χ2v) is 3.85. The largest absolute Gasteiger partial charge is 0.327 e. The molecular weight excluding hydrogens is 136 g/mol. The smallest absolute Gasteiger partial charge is 0.0188 e. The van der Waals surface area contributed by atoms with Gasteiger partial charge in [0.15, 0.2) is 0 Å². The molecule has 1 saturated carbocycles. The van der Waals surface area contributed by atoms with Crippen molar-refractivity contribution in [1.82, 2.24) is 5.32 Å². The van der Waals surface area contributed by atoms with Gasteiger partial charge in [-0.1, -0.05) is 6.42 Å². The third-order valence-corrected chi connectivity index (χ3v) is 2.74. The minimum atomic E-state index is 0.273. The molecule has 2 nitrogen and oxygen atoms in total. The Hall–Kier alpha value is -0.0800. The molecule has 2 unspecified atom stereocenters. The predicted molar refractivity (Wildman–Crippen MR) is 48.5 cm³/mol. The summed E-state index contributed by atoms with van der Waals surface area (Å²) in [6.07, 6.45) is 4.26. The Balaban J connectivity index is 2.01.